The van der Waals surface area contributed by atoms with Crippen LogP contribution in [0.4, 0.5) is 11.5 Å². The van der Waals surface area contributed by atoms with Gasteiger partial charge >= 0.3 is 0 Å². The van der Waals surface area contributed by atoms with Crippen molar-refractivity contribution in [1.82, 2.24) is 9.97 Å². The number of hydrogen-bond donors (Lipinski definition) is 1. The number of aryl methyl sites for hydroxylation is 2. The zero-order valence-corrected chi connectivity index (χ0v) is 14.3. The Kier molecular flexibility index (Phi) is 3.90. The molecule has 0 aliphatic rings. The number of rotatable bonds is 3. The van der Waals surface area contributed by atoms with Gasteiger partial charge in [0.15, 0.2) is 5.82 Å². The van der Waals surface area contributed by atoms with Crippen molar-refractivity contribution in [1.29, 1.82) is 0 Å². The summed E-state index contributed by atoms with van der Waals surface area (Å²) < 4.78 is 0. The first-order valence-electron chi connectivity index (χ1n) is 8.37. The number of para-hydroxylation sites is 1. The lowest BCUT2D eigenvalue weighted by atomic mass is 10.1. The van der Waals surface area contributed by atoms with E-state index in [9.17, 15) is 0 Å². The lowest BCUT2D eigenvalue weighted by Gasteiger charge is -2.12. The first-order chi connectivity index (χ1) is 12.2. The Morgan fingerprint density at radius 1 is 0.720 bits per heavy atom. The van der Waals surface area contributed by atoms with Crippen molar-refractivity contribution in [2.75, 3.05) is 5.32 Å². The molecule has 1 heterocycles. The smallest absolute Gasteiger partial charge is 0.162 e. The molecule has 0 aliphatic heterocycles. The molecule has 0 radical (unpaired) electrons. The van der Waals surface area contributed by atoms with Gasteiger partial charge in [-0.2, -0.15) is 0 Å². The predicted molar refractivity (Wildman–Crippen MR) is 104 cm³/mol. The van der Waals surface area contributed by atoms with Gasteiger partial charge in [-0.05, 0) is 49.2 Å². The SMILES string of the molecule is Cc1ccc(Nc2nc(-c3ccccc3)nc3ccccc23)cc1C. The van der Waals surface area contributed by atoms with Crippen molar-refractivity contribution in [3.8, 4) is 11.4 Å². The maximum atomic E-state index is 4.80. The zero-order valence-electron chi connectivity index (χ0n) is 14.3. The third-order valence-corrected chi connectivity index (χ3v) is 4.40. The largest absolute Gasteiger partial charge is 0.340 e. The average Bonchev–Trinajstić information content (AvgIpc) is 2.65. The molecule has 25 heavy (non-hydrogen) atoms. The maximum Gasteiger partial charge on any atom is 0.162 e. The van der Waals surface area contributed by atoms with Crippen molar-refractivity contribution in [3.05, 3.63) is 83.9 Å². The Balaban J connectivity index is 1.85. The zero-order chi connectivity index (χ0) is 17.2. The van der Waals surface area contributed by atoms with E-state index in [0.717, 1.165) is 33.8 Å². The molecule has 0 saturated carbocycles. The highest BCUT2D eigenvalue weighted by atomic mass is 15.0. The van der Waals surface area contributed by atoms with E-state index in [1.54, 1.807) is 0 Å². The van der Waals surface area contributed by atoms with Crippen LogP contribution in [0.2, 0.25) is 0 Å². The fourth-order valence-corrected chi connectivity index (χ4v) is 2.84. The number of hydrogen-bond acceptors (Lipinski definition) is 3. The highest BCUT2D eigenvalue weighted by Crippen LogP contribution is 2.27. The van der Waals surface area contributed by atoms with Gasteiger partial charge in [0.05, 0.1) is 5.52 Å². The summed E-state index contributed by atoms with van der Waals surface area (Å²) in [6.45, 7) is 4.24. The second-order valence-corrected chi connectivity index (χ2v) is 6.20. The van der Waals surface area contributed by atoms with Crippen LogP contribution < -0.4 is 5.32 Å². The van der Waals surface area contributed by atoms with Gasteiger partial charge in [-0.15, -0.1) is 0 Å². The standard InChI is InChI=1S/C22H19N3/c1-15-12-13-18(14-16(15)2)23-22-19-10-6-7-11-20(19)24-21(25-22)17-8-4-3-5-9-17/h3-14H,1-2H3,(H,23,24,25). The summed E-state index contributed by atoms with van der Waals surface area (Å²) in [5.74, 6) is 1.55. The fraction of sp³-hybridized carbons (Fsp3) is 0.0909. The Labute approximate surface area is 147 Å². The average molecular weight is 325 g/mol. The third-order valence-electron chi connectivity index (χ3n) is 4.40. The van der Waals surface area contributed by atoms with E-state index in [2.05, 4.69) is 37.4 Å². The van der Waals surface area contributed by atoms with E-state index in [-0.39, 0.29) is 0 Å². The van der Waals surface area contributed by atoms with Crippen LogP contribution in [0.5, 0.6) is 0 Å². The first-order valence-corrected chi connectivity index (χ1v) is 8.37. The van der Waals surface area contributed by atoms with E-state index >= 15 is 0 Å². The Bertz CT molecular complexity index is 1040. The molecule has 0 unspecified atom stereocenters. The molecule has 3 aromatic carbocycles. The lowest BCUT2D eigenvalue weighted by Crippen LogP contribution is -1.99. The quantitative estimate of drug-likeness (QED) is 0.528. The van der Waals surface area contributed by atoms with E-state index in [0.29, 0.717) is 0 Å². The number of fused-ring (bicyclic) bond motifs is 1. The molecule has 0 fully saturated rings. The number of nitrogens with zero attached hydrogens (tertiary/aromatic N) is 2. The van der Waals surface area contributed by atoms with Crippen LogP contribution in [0.25, 0.3) is 22.3 Å². The molecular weight excluding hydrogens is 306 g/mol. The molecule has 0 atom stereocenters. The normalized spacial score (nSPS) is 10.8. The van der Waals surface area contributed by atoms with Crippen molar-refractivity contribution >= 4 is 22.4 Å². The number of aromatic nitrogens is 2. The van der Waals surface area contributed by atoms with Crippen molar-refractivity contribution in [2.45, 2.75) is 13.8 Å². The number of nitrogens with one attached hydrogen (secondary N) is 1. The van der Waals surface area contributed by atoms with Gasteiger partial charge < -0.3 is 5.32 Å². The van der Waals surface area contributed by atoms with Crippen LogP contribution in [-0.4, -0.2) is 9.97 Å². The van der Waals surface area contributed by atoms with Crippen LogP contribution in [-0.2, 0) is 0 Å². The summed E-state index contributed by atoms with van der Waals surface area (Å²) in [4.78, 5) is 9.52. The third kappa shape index (κ3) is 3.09. The molecule has 0 amide bonds. The molecule has 4 aromatic rings. The van der Waals surface area contributed by atoms with Gasteiger partial charge in [0.25, 0.3) is 0 Å². The minimum atomic E-state index is 0.727. The minimum Gasteiger partial charge on any atom is -0.340 e. The van der Waals surface area contributed by atoms with Crippen molar-refractivity contribution < 1.29 is 0 Å². The highest BCUT2D eigenvalue weighted by Gasteiger charge is 2.09. The molecule has 1 aromatic heterocycles. The predicted octanol–water partition coefficient (Wildman–Crippen LogP) is 5.66. The molecule has 0 saturated heterocycles. The van der Waals surface area contributed by atoms with E-state index in [1.165, 1.54) is 11.1 Å². The van der Waals surface area contributed by atoms with Crippen LogP contribution in [0.15, 0.2) is 72.8 Å². The summed E-state index contributed by atoms with van der Waals surface area (Å²) in [5.41, 5.74) is 5.51. The Morgan fingerprint density at radius 2 is 1.48 bits per heavy atom. The van der Waals surface area contributed by atoms with Crippen molar-refractivity contribution in [2.24, 2.45) is 0 Å². The second kappa shape index (κ2) is 6.36. The molecular formula is C22H19N3. The minimum absolute atomic E-state index is 0.727. The molecule has 1 N–H and O–H groups in total. The van der Waals surface area contributed by atoms with Gasteiger partial charge in [-0.1, -0.05) is 48.5 Å². The van der Waals surface area contributed by atoms with Crippen LogP contribution in [0, 0.1) is 13.8 Å². The van der Waals surface area contributed by atoms with Gasteiger partial charge in [0, 0.05) is 16.6 Å². The summed E-state index contributed by atoms with van der Waals surface area (Å²) in [6.07, 6.45) is 0. The molecule has 3 nitrogen and oxygen atoms in total. The molecule has 0 bridgehead atoms. The first kappa shape index (κ1) is 15.3. The summed E-state index contributed by atoms with van der Waals surface area (Å²) in [6, 6.07) is 24.5. The monoisotopic (exact) mass is 325 g/mol. The second-order valence-electron chi connectivity index (χ2n) is 6.20. The molecule has 4 rings (SSSR count). The van der Waals surface area contributed by atoms with E-state index < -0.39 is 0 Å². The number of benzene rings is 3. The fourth-order valence-electron chi connectivity index (χ4n) is 2.84. The topological polar surface area (TPSA) is 37.8 Å². The van der Waals surface area contributed by atoms with E-state index in [4.69, 9.17) is 9.97 Å². The lowest BCUT2D eigenvalue weighted by molar-refractivity contribution is 1.22. The van der Waals surface area contributed by atoms with Crippen molar-refractivity contribution in [3.63, 3.8) is 0 Å². The summed E-state index contributed by atoms with van der Waals surface area (Å²) in [7, 11) is 0. The maximum absolute atomic E-state index is 4.80. The summed E-state index contributed by atoms with van der Waals surface area (Å²) in [5, 5.41) is 4.49. The highest BCUT2D eigenvalue weighted by molar-refractivity contribution is 5.92. The van der Waals surface area contributed by atoms with Crippen LogP contribution in [0.3, 0.4) is 0 Å². The molecule has 3 heteroatoms. The Hall–Kier alpha value is -3.20. The van der Waals surface area contributed by atoms with Gasteiger partial charge in [0.1, 0.15) is 5.82 Å². The van der Waals surface area contributed by atoms with Gasteiger partial charge in [-0.3, -0.25) is 0 Å². The number of anilines is 2. The van der Waals surface area contributed by atoms with E-state index in [1.807, 2.05) is 54.6 Å². The van der Waals surface area contributed by atoms with Crippen LogP contribution in [0.1, 0.15) is 11.1 Å². The molecule has 122 valence electrons. The molecule has 0 aliphatic carbocycles. The molecule has 0 spiro atoms. The van der Waals surface area contributed by atoms with Gasteiger partial charge in [0.2, 0.25) is 0 Å². The van der Waals surface area contributed by atoms with Crippen LogP contribution >= 0.6 is 0 Å². The summed E-state index contributed by atoms with van der Waals surface area (Å²) >= 11 is 0. The van der Waals surface area contributed by atoms with Gasteiger partial charge in [-0.25, -0.2) is 9.97 Å². The Morgan fingerprint density at radius 3 is 2.28 bits per heavy atom.